The summed E-state index contributed by atoms with van der Waals surface area (Å²) in [6.45, 7) is 2.73. The second-order valence-electron chi connectivity index (χ2n) is 2.57. The van der Waals surface area contributed by atoms with Gasteiger partial charge in [-0.1, -0.05) is 6.92 Å². The fraction of sp³-hybridized carbons (Fsp3) is 0.375. The normalized spacial score (nSPS) is 11.7. The lowest BCUT2D eigenvalue weighted by Gasteiger charge is -1.99. The Balaban J connectivity index is 2.63. The molecule has 1 aromatic heterocycles. The van der Waals surface area contributed by atoms with E-state index < -0.39 is 0 Å². The molecule has 0 saturated heterocycles. The van der Waals surface area contributed by atoms with E-state index in [4.69, 9.17) is 11.6 Å². The first-order valence-corrected chi connectivity index (χ1v) is 4.97. The molecular formula is C8H14N4S. The summed E-state index contributed by atoms with van der Waals surface area (Å²) in [4.78, 5) is 5.31. The fourth-order valence-electron chi connectivity index (χ4n) is 1.02. The van der Waals surface area contributed by atoms with Crippen molar-refractivity contribution in [2.45, 2.75) is 19.9 Å². The van der Waals surface area contributed by atoms with E-state index in [0.29, 0.717) is 6.54 Å². The number of aryl methyl sites for hydroxylation is 1. The van der Waals surface area contributed by atoms with Crippen LogP contribution in [0.4, 0.5) is 0 Å². The molecule has 0 radical (unpaired) electrons. The van der Waals surface area contributed by atoms with Crippen LogP contribution in [-0.2, 0) is 13.0 Å². The Labute approximate surface area is 81.6 Å². The number of hydrazine groups is 1. The molecule has 0 aliphatic heterocycles. The first kappa shape index (κ1) is 10.0. The average molecular weight is 198 g/mol. The number of hydrogen-bond acceptors (Lipinski definition) is 3. The minimum absolute atomic E-state index is 0.274. The van der Waals surface area contributed by atoms with E-state index in [1.165, 1.54) is 10.4 Å². The molecule has 5 N–H and O–H groups in total. The molecule has 0 aliphatic carbocycles. The van der Waals surface area contributed by atoms with Crippen LogP contribution in [0.5, 0.6) is 0 Å². The summed E-state index contributed by atoms with van der Waals surface area (Å²) < 4.78 is 0. The number of nitrogens with one attached hydrogen (secondary N) is 1. The molecule has 0 amide bonds. The Kier molecular flexibility index (Phi) is 3.72. The van der Waals surface area contributed by atoms with E-state index in [0.717, 1.165) is 6.42 Å². The number of hydrogen-bond donors (Lipinski definition) is 3. The molecule has 72 valence electrons. The Morgan fingerprint density at radius 1 is 1.69 bits per heavy atom. The van der Waals surface area contributed by atoms with Crippen LogP contribution in [-0.4, -0.2) is 5.96 Å². The van der Waals surface area contributed by atoms with Gasteiger partial charge in [-0.25, -0.2) is 10.8 Å². The fourth-order valence-corrected chi connectivity index (χ4v) is 1.92. The summed E-state index contributed by atoms with van der Waals surface area (Å²) in [7, 11) is 0. The number of nitrogens with two attached hydrogens (primary N) is 2. The van der Waals surface area contributed by atoms with Crippen LogP contribution in [0.3, 0.4) is 0 Å². The van der Waals surface area contributed by atoms with Crippen LogP contribution in [0.1, 0.15) is 17.4 Å². The van der Waals surface area contributed by atoms with Crippen molar-refractivity contribution in [1.82, 2.24) is 5.43 Å². The first-order chi connectivity index (χ1) is 6.27. The predicted molar refractivity (Wildman–Crippen MR) is 56.3 cm³/mol. The molecule has 4 nitrogen and oxygen atoms in total. The molecule has 0 unspecified atom stereocenters. The van der Waals surface area contributed by atoms with Crippen LogP contribution >= 0.6 is 11.3 Å². The van der Waals surface area contributed by atoms with Crippen molar-refractivity contribution in [3.05, 3.63) is 21.9 Å². The summed E-state index contributed by atoms with van der Waals surface area (Å²) in [5.74, 6) is 5.35. The monoisotopic (exact) mass is 198 g/mol. The highest BCUT2D eigenvalue weighted by Crippen LogP contribution is 2.17. The van der Waals surface area contributed by atoms with Crippen molar-refractivity contribution in [2.75, 3.05) is 0 Å². The Hall–Kier alpha value is -1.07. The van der Waals surface area contributed by atoms with E-state index in [1.54, 1.807) is 11.3 Å². The Bertz CT molecular complexity index is 292. The van der Waals surface area contributed by atoms with Gasteiger partial charge in [-0.05, 0) is 23.4 Å². The SMILES string of the molecule is CCc1ccsc1CN=C(N)NN. The van der Waals surface area contributed by atoms with Gasteiger partial charge in [-0.3, -0.25) is 5.43 Å². The van der Waals surface area contributed by atoms with Gasteiger partial charge in [-0.15, -0.1) is 11.3 Å². The average Bonchev–Trinajstić information content (AvgIpc) is 2.61. The molecule has 0 aliphatic rings. The van der Waals surface area contributed by atoms with E-state index in [-0.39, 0.29) is 5.96 Å². The zero-order chi connectivity index (χ0) is 9.68. The molecule has 0 fully saturated rings. The van der Waals surface area contributed by atoms with Crippen LogP contribution in [0.15, 0.2) is 16.4 Å². The highest BCUT2D eigenvalue weighted by molar-refractivity contribution is 7.10. The second-order valence-corrected chi connectivity index (χ2v) is 3.57. The second kappa shape index (κ2) is 4.84. The highest BCUT2D eigenvalue weighted by atomic mass is 32.1. The quantitative estimate of drug-likeness (QED) is 0.288. The van der Waals surface area contributed by atoms with Crippen LogP contribution in [0, 0.1) is 0 Å². The molecular weight excluding hydrogens is 184 g/mol. The Morgan fingerprint density at radius 3 is 3.08 bits per heavy atom. The minimum atomic E-state index is 0.274. The molecule has 1 heterocycles. The van der Waals surface area contributed by atoms with E-state index in [1.807, 2.05) is 0 Å². The van der Waals surface area contributed by atoms with Crippen molar-refractivity contribution in [2.24, 2.45) is 16.6 Å². The number of thiophene rings is 1. The standard InChI is InChI=1S/C8H14N4S/c1-2-6-3-4-13-7(6)5-11-8(9)12-10/h3-4H,2,5,10H2,1H3,(H3,9,11,12). The summed E-state index contributed by atoms with van der Waals surface area (Å²) in [5, 5.41) is 2.07. The summed E-state index contributed by atoms with van der Waals surface area (Å²) in [5.41, 5.74) is 9.03. The zero-order valence-corrected chi connectivity index (χ0v) is 8.40. The predicted octanol–water partition coefficient (Wildman–Crippen LogP) is 0.589. The first-order valence-electron chi connectivity index (χ1n) is 4.09. The van der Waals surface area contributed by atoms with Gasteiger partial charge in [0.1, 0.15) is 0 Å². The maximum atomic E-state index is 5.40. The third kappa shape index (κ3) is 2.71. The smallest absolute Gasteiger partial charge is 0.203 e. The molecule has 5 heteroatoms. The number of guanidine groups is 1. The van der Waals surface area contributed by atoms with Crippen molar-refractivity contribution >= 4 is 17.3 Å². The molecule has 1 aromatic rings. The summed E-state index contributed by atoms with van der Waals surface area (Å²) in [6, 6.07) is 2.11. The van der Waals surface area contributed by atoms with E-state index in [2.05, 4.69) is 28.8 Å². The van der Waals surface area contributed by atoms with Gasteiger partial charge in [0.25, 0.3) is 0 Å². The van der Waals surface area contributed by atoms with Gasteiger partial charge in [0.15, 0.2) is 0 Å². The molecule has 0 bridgehead atoms. The third-order valence-electron chi connectivity index (χ3n) is 1.76. The zero-order valence-electron chi connectivity index (χ0n) is 7.58. The molecule has 0 spiro atoms. The van der Waals surface area contributed by atoms with Gasteiger partial charge in [-0.2, -0.15) is 0 Å². The Morgan fingerprint density at radius 2 is 2.46 bits per heavy atom. The lowest BCUT2D eigenvalue weighted by atomic mass is 10.2. The molecule has 1 rings (SSSR count). The number of rotatable bonds is 3. The van der Waals surface area contributed by atoms with Crippen LogP contribution in [0.2, 0.25) is 0 Å². The largest absolute Gasteiger partial charge is 0.369 e. The van der Waals surface area contributed by atoms with Crippen LogP contribution < -0.4 is 17.0 Å². The van der Waals surface area contributed by atoms with Gasteiger partial charge in [0.05, 0.1) is 6.54 Å². The maximum absolute atomic E-state index is 5.40. The highest BCUT2D eigenvalue weighted by Gasteiger charge is 2.00. The van der Waals surface area contributed by atoms with Gasteiger partial charge in [0, 0.05) is 4.88 Å². The topological polar surface area (TPSA) is 76.4 Å². The number of aliphatic imine (C=N–C) groups is 1. The van der Waals surface area contributed by atoms with Crippen molar-refractivity contribution in [3.8, 4) is 0 Å². The lowest BCUT2D eigenvalue weighted by Crippen LogP contribution is -2.37. The van der Waals surface area contributed by atoms with Crippen LogP contribution in [0.25, 0.3) is 0 Å². The van der Waals surface area contributed by atoms with Crippen molar-refractivity contribution in [1.29, 1.82) is 0 Å². The van der Waals surface area contributed by atoms with E-state index >= 15 is 0 Å². The van der Waals surface area contributed by atoms with Gasteiger partial charge in [0.2, 0.25) is 5.96 Å². The van der Waals surface area contributed by atoms with E-state index in [9.17, 15) is 0 Å². The molecule has 13 heavy (non-hydrogen) atoms. The van der Waals surface area contributed by atoms with Gasteiger partial charge >= 0.3 is 0 Å². The molecule has 0 atom stereocenters. The third-order valence-corrected chi connectivity index (χ3v) is 2.71. The van der Waals surface area contributed by atoms with Crippen molar-refractivity contribution < 1.29 is 0 Å². The van der Waals surface area contributed by atoms with Gasteiger partial charge < -0.3 is 5.73 Å². The molecule has 0 saturated carbocycles. The molecule has 0 aromatic carbocycles. The number of nitrogens with zero attached hydrogens (tertiary/aromatic N) is 1. The minimum Gasteiger partial charge on any atom is -0.369 e. The maximum Gasteiger partial charge on any atom is 0.203 e. The lowest BCUT2D eigenvalue weighted by molar-refractivity contribution is 0.956. The van der Waals surface area contributed by atoms with Crippen molar-refractivity contribution in [3.63, 3.8) is 0 Å². The summed E-state index contributed by atoms with van der Waals surface area (Å²) in [6.07, 6.45) is 1.03. The summed E-state index contributed by atoms with van der Waals surface area (Å²) >= 11 is 1.70.